The van der Waals surface area contributed by atoms with Crippen LogP contribution in [-0.4, -0.2) is 17.1 Å². The first-order valence-corrected chi connectivity index (χ1v) is 6.01. The standard InChI is InChI=1S/C12H14N2OS/c1-14(7-10-3-5-16-9-10)12-2-4-13-6-11(12)8-15/h2-6,9,15H,7-8H2,1H3. The Kier molecular flexibility index (Phi) is 3.54. The van der Waals surface area contributed by atoms with Crippen LogP contribution in [0.25, 0.3) is 0 Å². The van der Waals surface area contributed by atoms with E-state index in [1.165, 1.54) is 5.56 Å². The van der Waals surface area contributed by atoms with Crippen LogP contribution in [0.5, 0.6) is 0 Å². The van der Waals surface area contributed by atoms with Crippen molar-refractivity contribution in [3.05, 3.63) is 46.4 Å². The second-order valence-corrected chi connectivity index (χ2v) is 4.43. The Morgan fingerprint density at radius 1 is 1.44 bits per heavy atom. The molecule has 0 saturated heterocycles. The van der Waals surface area contributed by atoms with Gasteiger partial charge in [-0.05, 0) is 28.5 Å². The van der Waals surface area contributed by atoms with Crippen molar-refractivity contribution in [1.29, 1.82) is 0 Å². The predicted molar refractivity (Wildman–Crippen MR) is 66.6 cm³/mol. The second kappa shape index (κ2) is 5.09. The zero-order valence-corrected chi connectivity index (χ0v) is 9.94. The van der Waals surface area contributed by atoms with Crippen LogP contribution >= 0.6 is 11.3 Å². The Bertz CT molecular complexity index is 442. The van der Waals surface area contributed by atoms with Gasteiger partial charge >= 0.3 is 0 Å². The number of thiophene rings is 1. The van der Waals surface area contributed by atoms with E-state index in [0.717, 1.165) is 17.8 Å². The number of nitrogens with zero attached hydrogens (tertiary/aromatic N) is 2. The highest BCUT2D eigenvalue weighted by Gasteiger charge is 2.07. The first-order chi connectivity index (χ1) is 7.81. The molecule has 2 aromatic rings. The van der Waals surface area contributed by atoms with Crippen molar-refractivity contribution in [3.63, 3.8) is 0 Å². The molecule has 0 amide bonds. The van der Waals surface area contributed by atoms with Gasteiger partial charge in [0.1, 0.15) is 0 Å². The summed E-state index contributed by atoms with van der Waals surface area (Å²) in [6, 6.07) is 4.04. The number of aliphatic hydroxyl groups excluding tert-OH is 1. The molecule has 2 heterocycles. The molecule has 0 aliphatic carbocycles. The minimum atomic E-state index is 0.0250. The van der Waals surface area contributed by atoms with Crippen LogP contribution in [0.4, 0.5) is 5.69 Å². The van der Waals surface area contributed by atoms with Crippen molar-refractivity contribution in [1.82, 2.24) is 4.98 Å². The van der Waals surface area contributed by atoms with Gasteiger partial charge in [-0.2, -0.15) is 11.3 Å². The van der Waals surface area contributed by atoms with Gasteiger partial charge in [0.25, 0.3) is 0 Å². The summed E-state index contributed by atoms with van der Waals surface area (Å²) in [4.78, 5) is 6.13. The molecule has 0 bridgehead atoms. The van der Waals surface area contributed by atoms with E-state index in [4.69, 9.17) is 0 Å². The predicted octanol–water partition coefficient (Wildman–Crippen LogP) is 2.27. The van der Waals surface area contributed by atoms with Gasteiger partial charge in [-0.15, -0.1) is 0 Å². The summed E-state index contributed by atoms with van der Waals surface area (Å²) in [6.45, 7) is 0.873. The monoisotopic (exact) mass is 234 g/mol. The summed E-state index contributed by atoms with van der Waals surface area (Å²) in [7, 11) is 2.02. The molecule has 0 atom stereocenters. The topological polar surface area (TPSA) is 36.4 Å². The van der Waals surface area contributed by atoms with E-state index < -0.39 is 0 Å². The first kappa shape index (κ1) is 11.1. The van der Waals surface area contributed by atoms with Crippen LogP contribution in [0.3, 0.4) is 0 Å². The van der Waals surface area contributed by atoms with Crippen LogP contribution in [0.15, 0.2) is 35.3 Å². The third kappa shape index (κ3) is 2.40. The number of hydrogen-bond acceptors (Lipinski definition) is 4. The Labute approximate surface area is 99.0 Å². The van der Waals surface area contributed by atoms with Crippen molar-refractivity contribution in [2.75, 3.05) is 11.9 Å². The van der Waals surface area contributed by atoms with Crippen LogP contribution in [0, 0.1) is 0 Å². The molecule has 2 rings (SSSR count). The third-order valence-corrected chi connectivity index (χ3v) is 3.19. The van der Waals surface area contributed by atoms with Crippen molar-refractivity contribution in [2.45, 2.75) is 13.2 Å². The molecule has 1 N–H and O–H groups in total. The fraction of sp³-hybridized carbons (Fsp3) is 0.250. The van der Waals surface area contributed by atoms with E-state index in [0.29, 0.717) is 0 Å². The Morgan fingerprint density at radius 2 is 2.31 bits per heavy atom. The van der Waals surface area contributed by atoms with Gasteiger partial charge in [-0.3, -0.25) is 4.98 Å². The molecule has 0 aliphatic rings. The van der Waals surface area contributed by atoms with Gasteiger partial charge in [0.2, 0.25) is 0 Å². The zero-order chi connectivity index (χ0) is 11.4. The second-order valence-electron chi connectivity index (χ2n) is 3.65. The fourth-order valence-electron chi connectivity index (χ4n) is 1.66. The lowest BCUT2D eigenvalue weighted by Crippen LogP contribution is -2.17. The highest BCUT2D eigenvalue weighted by atomic mass is 32.1. The lowest BCUT2D eigenvalue weighted by molar-refractivity contribution is 0.281. The van der Waals surface area contributed by atoms with Crippen molar-refractivity contribution >= 4 is 17.0 Å². The van der Waals surface area contributed by atoms with Crippen LogP contribution < -0.4 is 4.90 Å². The molecule has 0 aliphatic heterocycles. The molecule has 2 aromatic heterocycles. The molecule has 0 radical (unpaired) electrons. The lowest BCUT2D eigenvalue weighted by atomic mass is 10.2. The smallest absolute Gasteiger partial charge is 0.0717 e. The molecule has 0 unspecified atom stereocenters. The van der Waals surface area contributed by atoms with Gasteiger partial charge in [0.05, 0.1) is 6.61 Å². The number of pyridine rings is 1. The van der Waals surface area contributed by atoms with E-state index in [-0.39, 0.29) is 6.61 Å². The van der Waals surface area contributed by atoms with E-state index in [1.54, 1.807) is 23.7 Å². The van der Waals surface area contributed by atoms with Crippen molar-refractivity contribution < 1.29 is 5.11 Å². The van der Waals surface area contributed by atoms with Gasteiger partial charge in [-0.1, -0.05) is 0 Å². The lowest BCUT2D eigenvalue weighted by Gasteiger charge is -2.20. The summed E-state index contributed by atoms with van der Waals surface area (Å²) in [5.41, 5.74) is 3.18. The maximum atomic E-state index is 9.23. The summed E-state index contributed by atoms with van der Waals surface area (Å²) < 4.78 is 0. The first-order valence-electron chi connectivity index (χ1n) is 5.07. The Morgan fingerprint density at radius 3 is 3.00 bits per heavy atom. The molecule has 0 fully saturated rings. The minimum absolute atomic E-state index is 0.0250. The molecule has 0 aromatic carbocycles. The van der Waals surface area contributed by atoms with Gasteiger partial charge in [0.15, 0.2) is 0 Å². The fourth-order valence-corrected chi connectivity index (χ4v) is 2.32. The van der Waals surface area contributed by atoms with Gasteiger partial charge in [0, 0.05) is 37.2 Å². The minimum Gasteiger partial charge on any atom is -0.392 e. The molecule has 84 valence electrons. The highest BCUT2D eigenvalue weighted by Crippen LogP contribution is 2.20. The SMILES string of the molecule is CN(Cc1ccsc1)c1ccncc1CO. The molecule has 0 spiro atoms. The molecule has 4 heteroatoms. The van der Waals surface area contributed by atoms with Gasteiger partial charge in [-0.25, -0.2) is 0 Å². The molecule has 0 saturated carbocycles. The summed E-state index contributed by atoms with van der Waals surface area (Å²) in [6.07, 6.45) is 3.46. The molecule has 16 heavy (non-hydrogen) atoms. The highest BCUT2D eigenvalue weighted by molar-refractivity contribution is 7.07. The number of aliphatic hydroxyl groups is 1. The Hall–Kier alpha value is -1.39. The quantitative estimate of drug-likeness (QED) is 0.881. The number of hydrogen-bond donors (Lipinski definition) is 1. The van der Waals surface area contributed by atoms with E-state index in [2.05, 4.69) is 26.7 Å². The number of rotatable bonds is 4. The summed E-state index contributed by atoms with van der Waals surface area (Å²) >= 11 is 1.70. The van der Waals surface area contributed by atoms with E-state index in [9.17, 15) is 5.11 Å². The van der Waals surface area contributed by atoms with Gasteiger partial charge < -0.3 is 10.0 Å². The van der Waals surface area contributed by atoms with Crippen LogP contribution in [0.2, 0.25) is 0 Å². The normalized spacial score (nSPS) is 10.4. The average molecular weight is 234 g/mol. The third-order valence-electron chi connectivity index (χ3n) is 2.46. The van der Waals surface area contributed by atoms with Crippen molar-refractivity contribution in [2.24, 2.45) is 0 Å². The molecular formula is C12H14N2OS. The largest absolute Gasteiger partial charge is 0.392 e. The van der Waals surface area contributed by atoms with E-state index >= 15 is 0 Å². The maximum Gasteiger partial charge on any atom is 0.0717 e. The summed E-state index contributed by atoms with van der Waals surface area (Å²) in [5.74, 6) is 0. The van der Waals surface area contributed by atoms with E-state index in [1.807, 2.05) is 13.1 Å². The van der Waals surface area contributed by atoms with Crippen molar-refractivity contribution in [3.8, 4) is 0 Å². The average Bonchev–Trinajstić information content (AvgIpc) is 2.81. The zero-order valence-electron chi connectivity index (χ0n) is 9.13. The molecule has 3 nitrogen and oxygen atoms in total. The number of aromatic nitrogens is 1. The van der Waals surface area contributed by atoms with Crippen LogP contribution in [0.1, 0.15) is 11.1 Å². The maximum absolute atomic E-state index is 9.23. The number of anilines is 1. The van der Waals surface area contributed by atoms with Crippen LogP contribution in [-0.2, 0) is 13.2 Å². The molecular weight excluding hydrogens is 220 g/mol. The Balaban J connectivity index is 2.17. The summed E-state index contributed by atoms with van der Waals surface area (Å²) in [5, 5.41) is 13.4.